The first-order chi connectivity index (χ1) is 14.7. The Balaban J connectivity index is 1.36. The first-order valence-corrected chi connectivity index (χ1v) is 10.7. The van der Waals surface area contributed by atoms with E-state index in [-0.39, 0.29) is 30.9 Å². The molecule has 2 amide bonds. The fraction of sp³-hybridized carbons (Fsp3) is 0.522. The third-order valence-electron chi connectivity index (χ3n) is 5.65. The van der Waals surface area contributed by atoms with Gasteiger partial charge in [-0.25, -0.2) is 9.59 Å². The number of ether oxygens (including phenoxy) is 2. The molecule has 0 aliphatic carbocycles. The van der Waals surface area contributed by atoms with Crippen molar-refractivity contribution in [2.24, 2.45) is 0 Å². The molecule has 0 bridgehead atoms. The molecule has 0 N–H and O–H groups in total. The van der Waals surface area contributed by atoms with Crippen molar-refractivity contribution in [1.82, 2.24) is 19.6 Å². The Morgan fingerprint density at radius 2 is 1.84 bits per heavy atom. The lowest BCUT2D eigenvalue weighted by molar-refractivity contribution is 0.0122. The summed E-state index contributed by atoms with van der Waals surface area (Å²) in [6.45, 7) is 9.45. The lowest BCUT2D eigenvalue weighted by Gasteiger charge is -2.40. The second kappa shape index (κ2) is 8.24. The number of benzene rings is 1. The average Bonchev–Trinajstić information content (AvgIpc) is 3.06. The largest absolute Gasteiger partial charge is 0.445 e. The second-order valence-corrected chi connectivity index (χ2v) is 9.32. The van der Waals surface area contributed by atoms with E-state index < -0.39 is 5.60 Å². The van der Waals surface area contributed by atoms with E-state index in [4.69, 9.17) is 9.47 Å². The molecule has 0 spiro atoms. The predicted octanol–water partition coefficient (Wildman–Crippen LogP) is 3.76. The summed E-state index contributed by atoms with van der Waals surface area (Å²) in [5, 5.41) is 4.57. The van der Waals surface area contributed by atoms with Crippen molar-refractivity contribution in [1.29, 1.82) is 0 Å². The van der Waals surface area contributed by atoms with Gasteiger partial charge < -0.3 is 14.4 Å². The maximum Gasteiger partial charge on any atom is 0.410 e. The molecule has 2 aromatic rings. The van der Waals surface area contributed by atoms with Crippen LogP contribution in [-0.4, -0.2) is 56.5 Å². The number of hydrogen-bond acceptors (Lipinski definition) is 5. The number of nitrogens with zero attached hydrogens (tertiary/aromatic N) is 4. The Labute approximate surface area is 182 Å². The molecule has 2 aliphatic heterocycles. The Morgan fingerprint density at radius 1 is 1.13 bits per heavy atom. The van der Waals surface area contributed by atoms with Crippen LogP contribution in [0.2, 0.25) is 0 Å². The Morgan fingerprint density at radius 3 is 2.52 bits per heavy atom. The molecule has 166 valence electrons. The van der Waals surface area contributed by atoms with E-state index in [1.165, 1.54) is 0 Å². The van der Waals surface area contributed by atoms with E-state index in [1.54, 1.807) is 9.80 Å². The fourth-order valence-corrected chi connectivity index (χ4v) is 3.96. The number of hydrogen-bond donors (Lipinski definition) is 0. The van der Waals surface area contributed by atoms with Gasteiger partial charge >= 0.3 is 12.2 Å². The van der Waals surface area contributed by atoms with Crippen LogP contribution in [0, 0.1) is 0 Å². The topological polar surface area (TPSA) is 76.9 Å². The molecule has 1 saturated heterocycles. The first-order valence-electron chi connectivity index (χ1n) is 10.7. The zero-order chi connectivity index (χ0) is 22.2. The molecular formula is C23H30N4O4. The molecule has 1 fully saturated rings. The average molecular weight is 427 g/mol. The standard InChI is InChI=1S/C23H30N4O4/c1-16-10-18-11-24-27(20(18)14-26(16)22(29)31-23(2,3)4)19-12-25(13-19)21(28)30-15-17-8-6-5-7-9-17/h5-9,11,16,19H,10,12-15H2,1-4H3. The molecule has 8 nitrogen and oxygen atoms in total. The van der Waals surface area contributed by atoms with Gasteiger partial charge in [-0.3, -0.25) is 9.58 Å². The van der Waals surface area contributed by atoms with Gasteiger partial charge in [0.2, 0.25) is 0 Å². The molecule has 31 heavy (non-hydrogen) atoms. The Bertz CT molecular complexity index is 944. The monoisotopic (exact) mass is 426 g/mol. The minimum Gasteiger partial charge on any atom is -0.445 e. The van der Waals surface area contributed by atoms with Gasteiger partial charge in [-0.15, -0.1) is 0 Å². The third-order valence-corrected chi connectivity index (χ3v) is 5.65. The number of carbonyl (C=O) groups excluding carboxylic acids is 2. The van der Waals surface area contributed by atoms with Crippen molar-refractivity contribution in [2.45, 2.75) is 65.0 Å². The molecule has 1 atom stereocenters. The van der Waals surface area contributed by atoms with Gasteiger partial charge in [0.1, 0.15) is 12.2 Å². The van der Waals surface area contributed by atoms with Crippen LogP contribution in [0.3, 0.4) is 0 Å². The van der Waals surface area contributed by atoms with Crippen molar-refractivity contribution in [2.75, 3.05) is 13.1 Å². The first kappa shape index (κ1) is 21.2. The molecule has 1 aromatic carbocycles. The summed E-state index contributed by atoms with van der Waals surface area (Å²) in [6.07, 6.45) is 2.00. The summed E-state index contributed by atoms with van der Waals surface area (Å²) < 4.78 is 12.9. The maximum absolute atomic E-state index is 12.7. The van der Waals surface area contributed by atoms with Crippen molar-refractivity contribution in [3.05, 3.63) is 53.3 Å². The van der Waals surface area contributed by atoms with Crippen LogP contribution in [-0.2, 0) is 29.0 Å². The zero-order valence-electron chi connectivity index (χ0n) is 18.6. The quantitative estimate of drug-likeness (QED) is 0.747. The lowest BCUT2D eigenvalue weighted by Crippen LogP contribution is -2.52. The summed E-state index contributed by atoms with van der Waals surface area (Å²) in [4.78, 5) is 28.4. The summed E-state index contributed by atoms with van der Waals surface area (Å²) in [5.41, 5.74) is 2.60. The van der Waals surface area contributed by atoms with E-state index in [0.717, 1.165) is 23.2 Å². The Hall–Kier alpha value is -3.03. The van der Waals surface area contributed by atoms with Gasteiger partial charge in [0.05, 0.1) is 24.5 Å². The third kappa shape index (κ3) is 4.68. The second-order valence-electron chi connectivity index (χ2n) is 9.32. The van der Waals surface area contributed by atoms with Gasteiger partial charge in [-0.2, -0.15) is 5.10 Å². The fourth-order valence-electron chi connectivity index (χ4n) is 3.96. The highest BCUT2D eigenvalue weighted by molar-refractivity contribution is 5.69. The minimum absolute atomic E-state index is 0.0471. The van der Waals surface area contributed by atoms with E-state index in [2.05, 4.69) is 5.10 Å². The molecule has 1 unspecified atom stereocenters. The van der Waals surface area contributed by atoms with Crippen LogP contribution < -0.4 is 0 Å². The van der Waals surface area contributed by atoms with Crippen molar-refractivity contribution >= 4 is 12.2 Å². The summed E-state index contributed by atoms with van der Waals surface area (Å²) in [7, 11) is 0. The molecule has 0 radical (unpaired) electrons. The van der Waals surface area contributed by atoms with Crippen molar-refractivity contribution in [3.8, 4) is 0 Å². The van der Waals surface area contributed by atoms with Gasteiger partial charge in [0.15, 0.2) is 0 Å². The van der Waals surface area contributed by atoms with Crippen LogP contribution in [0.15, 0.2) is 36.5 Å². The van der Waals surface area contributed by atoms with Gasteiger partial charge in [0.25, 0.3) is 0 Å². The number of fused-ring (bicyclic) bond motifs is 1. The van der Waals surface area contributed by atoms with Crippen molar-refractivity contribution < 1.29 is 19.1 Å². The number of carbonyl (C=O) groups is 2. The van der Waals surface area contributed by atoms with Crippen molar-refractivity contribution in [3.63, 3.8) is 0 Å². The van der Waals surface area contributed by atoms with Gasteiger partial charge in [-0.05, 0) is 45.2 Å². The highest BCUT2D eigenvalue weighted by Gasteiger charge is 2.38. The predicted molar refractivity (Wildman–Crippen MR) is 114 cm³/mol. The molecule has 1 aromatic heterocycles. The van der Waals surface area contributed by atoms with Crippen LogP contribution in [0.5, 0.6) is 0 Å². The zero-order valence-corrected chi connectivity index (χ0v) is 18.6. The van der Waals surface area contributed by atoms with E-state index in [0.29, 0.717) is 19.6 Å². The minimum atomic E-state index is -0.536. The highest BCUT2D eigenvalue weighted by Crippen LogP contribution is 2.30. The number of rotatable bonds is 3. The number of aromatic nitrogens is 2. The Kier molecular flexibility index (Phi) is 5.64. The maximum atomic E-state index is 12.7. The molecule has 0 saturated carbocycles. The van der Waals surface area contributed by atoms with Crippen LogP contribution in [0.1, 0.15) is 50.6 Å². The highest BCUT2D eigenvalue weighted by atomic mass is 16.6. The van der Waals surface area contributed by atoms with E-state index in [1.807, 2.05) is 68.9 Å². The van der Waals surface area contributed by atoms with Gasteiger partial charge in [-0.1, -0.05) is 30.3 Å². The smallest absolute Gasteiger partial charge is 0.410 e. The summed E-state index contributed by atoms with van der Waals surface area (Å²) >= 11 is 0. The summed E-state index contributed by atoms with van der Waals surface area (Å²) in [5.74, 6) is 0. The van der Waals surface area contributed by atoms with Crippen LogP contribution in [0.4, 0.5) is 9.59 Å². The molecule has 8 heteroatoms. The molecule has 2 aliphatic rings. The lowest BCUT2D eigenvalue weighted by atomic mass is 10.0. The van der Waals surface area contributed by atoms with Crippen LogP contribution >= 0.6 is 0 Å². The molecule has 3 heterocycles. The molecule has 4 rings (SSSR count). The van der Waals surface area contributed by atoms with Crippen LogP contribution in [0.25, 0.3) is 0 Å². The van der Waals surface area contributed by atoms with Gasteiger partial charge in [0, 0.05) is 19.1 Å². The number of likely N-dealkylation sites (tertiary alicyclic amines) is 1. The summed E-state index contributed by atoms with van der Waals surface area (Å²) in [6, 6.07) is 9.77. The van der Waals surface area contributed by atoms with E-state index >= 15 is 0 Å². The molecular weight excluding hydrogens is 396 g/mol. The van der Waals surface area contributed by atoms with E-state index in [9.17, 15) is 9.59 Å². The normalized spacial score (nSPS) is 18.9. The SMILES string of the molecule is CC1Cc2cnn(C3CN(C(=O)OCc4ccccc4)C3)c2CN1C(=O)OC(C)(C)C. The number of amides is 2.